The van der Waals surface area contributed by atoms with Gasteiger partial charge in [-0.3, -0.25) is 9.59 Å². The van der Waals surface area contributed by atoms with E-state index in [1.54, 1.807) is 9.42 Å². The van der Waals surface area contributed by atoms with Crippen molar-refractivity contribution in [3.05, 3.63) is 46.9 Å². The van der Waals surface area contributed by atoms with Crippen molar-refractivity contribution in [1.82, 2.24) is 24.8 Å². The molecular weight excluding hydrogens is 493 g/mol. The SMILES string of the molecule is Cc1c(N2CC(O)C2)nc2cc3nn2c1NCCNC(=O)COc1ccc(F)cc1C(=O)N1CCCCC31. The van der Waals surface area contributed by atoms with Gasteiger partial charge in [-0.25, -0.2) is 9.37 Å². The Labute approximate surface area is 218 Å². The van der Waals surface area contributed by atoms with Crippen LogP contribution < -0.4 is 20.3 Å². The number of rotatable bonds is 1. The molecule has 11 nitrogen and oxygen atoms in total. The molecule has 2 amide bonds. The van der Waals surface area contributed by atoms with Gasteiger partial charge in [0.15, 0.2) is 12.3 Å². The molecule has 12 heteroatoms. The van der Waals surface area contributed by atoms with E-state index in [4.69, 9.17) is 14.8 Å². The van der Waals surface area contributed by atoms with Crippen molar-refractivity contribution < 1.29 is 23.8 Å². The number of aliphatic hydroxyl groups excluding tert-OH is 1. The van der Waals surface area contributed by atoms with E-state index in [9.17, 15) is 19.1 Å². The Bertz CT molecular complexity index is 1400. The first-order valence-electron chi connectivity index (χ1n) is 13.0. The number of aliphatic hydroxyl groups is 1. The highest BCUT2D eigenvalue weighted by Crippen LogP contribution is 2.36. The lowest BCUT2D eigenvalue weighted by Crippen LogP contribution is -2.51. The zero-order valence-corrected chi connectivity index (χ0v) is 21.1. The Morgan fingerprint density at radius 1 is 1.13 bits per heavy atom. The molecule has 1 unspecified atom stereocenters. The van der Waals surface area contributed by atoms with Gasteiger partial charge in [-0.2, -0.15) is 9.61 Å². The minimum Gasteiger partial charge on any atom is -0.483 e. The normalized spacial score (nSPS) is 20.9. The van der Waals surface area contributed by atoms with Gasteiger partial charge in [0.2, 0.25) is 0 Å². The molecule has 1 atom stereocenters. The first kappa shape index (κ1) is 24.4. The summed E-state index contributed by atoms with van der Waals surface area (Å²) < 4.78 is 21.7. The molecule has 3 N–H and O–H groups in total. The summed E-state index contributed by atoms with van der Waals surface area (Å²) in [7, 11) is 0. The number of hydrogen-bond donors (Lipinski definition) is 3. The van der Waals surface area contributed by atoms with Crippen LogP contribution >= 0.6 is 0 Å². The van der Waals surface area contributed by atoms with Crippen LogP contribution in [0.25, 0.3) is 5.65 Å². The highest BCUT2D eigenvalue weighted by atomic mass is 19.1. The number of ether oxygens (including phenoxy) is 1. The van der Waals surface area contributed by atoms with Gasteiger partial charge < -0.3 is 30.3 Å². The topological polar surface area (TPSA) is 124 Å². The van der Waals surface area contributed by atoms with E-state index in [0.717, 1.165) is 36.1 Å². The lowest BCUT2D eigenvalue weighted by Gasteiger charge is -2.38. The Morgan fingerprint density at radius 3 is 2.76 bits per heavy atom. The van der Waals surface area contributed by atoms with Crippen LogP contribution in [0.3, 0.4) is 0 Å². The molecule has 38 heavy (non-hydrogen) atoms. The molecule has 0 aliphatic carbocycles. The summed E-state index contributed by atoms with van der Waals surface area (Å²) in [5, 5.41) is 20.9. The maximum absolute atomic E-state index is 14.2. The number of fused-ring (bicyclic) bond motifs is 4. The molecule has 0 radical (unpaired) electrons. The third-order valence-electron chi connectivity index (χ3n) is 7.37. The lowest BCUT2D eigenvalue weighted by molar-refractivity contribution is -0.123. The number of carbonyl (C=O) groups is 2. The number of hydrogen-bond acceptors (Lipinski definition) is 8. The van der Waals surface area contributed by atoms with Crippen molar-refractivity contribution in [3.8, 4) is 5.75 Å². The minimum absolute atomic E-state index is 0.0792. The Kier molecular flexibility index (Phi) is 6.26. The number of anilines is 2. The first-order valence-corrected chi connectivity index (χ1v) is 13.0. The molecule has 6 rings (SSSR count). The van der Waals surface area contributed by atoms with Gasteiger partial charge in [-0.05, 0) is 44.4 Å². The monoisotopic (exact) mass is 523 g/mol. The second kappa shape index (κ2) is 9.75. The number of benzene rings is 1. The maximum atomic E-state index is 14.2. The molecule has 3 aliphatic heterocycles. The van der Waals surface area contributed by atoms with Crippen molar-refractivity contribution in [3.63, 3.8) is 0 Å². The van der Waals surface area contributed by atoms with E-state index >= 15 is 0 Å². The maximum Gasteiger partial charge on any atom is 0.258 e. The van der Waals surface area contributed by atoms with Crippen molar-refractivity contribution in [2.24, 2.45) is 0 Å². The summed E-state index contributed by atoms with van der Waals surface area (Å²) in [5.74, 6) is 0.374. The number of aromatic nitrogens is 3. The van der Waals surface area contributed by atoms with Gasteiger partial charge in [0.25, 0.3) is 11.8 Å². The van der Waals surface area contributed by atoms with Crippen molar-refractivity contribution >= 4 is 29.1 Å². The molecule has 2 fully saturated rings. The number of nitrogens with zero attached hydrogens (tertiary/aromatic N) is 5. The predicted molar refractivity (Wildman–Crippen MR) is 137 cm³/mol. The number of β-amino-alcohol motifs (C(OH)–C–C–N with tert-alkyl or cyclic N) is 1. The number of halogens is 1. The average molecular weight is 524 g/mol. The molecule has 200 valence electrons. The average Bonchev–Trinajstić information content (AvgIpc) is 3.32. The molecule has 3 aliphatic rings. The van der Waals surface area contributed by atoms with Crippen LogP contribution in [0.5, 0.6) is 5.75 Å². The number of nitrogens with one attached hydrogen (secondary N) is 2. The van der Waals surface area contributed by atoms with Gasteiger partial charge >= 0.3 is 0 Å². The van der Waals surface area contributed by atoms with E-state index in [1.807, 2.05) is 17.9 Å². The lowest BCUT2D eigenvalue weighted by atomic mass is 9.98. The molecule has 0 spiro atoms. The van der Waals surface area contributed by atoms with E-state index in [1.165, 1.54) is 12.1 Å². The molecular formula is C26H30FN7O4. The largest absolute Gasteiger partial charge is 0.483 e. The zero-order chi connectivity index (χ0) is 26.4. The van der Waals surface area contributed by atoms with E-state index in [-0.39, 0.29) is 41.9 Å². The van der Waals surface area contributed by atoms with Crippen LogP contribution in [-0.4, -0.2) is 81.9 Å². The molecule has 1 aromatic carbocycles. The van der Waals surface area contributed by atoms with Gasteiger partial charge in [-0.15, -0.1) is 0 Å². The Balaban J connectivity index is 1.46. The highest BCUT2D eigenvalue weighted by molar-refractivity contribution is 5.97. The quantitative estimate of drug-likeness (QED) is 0.440. The fourth-order valence-corrected chi connectivity index (χ4v) is 5.41. The van der Waals surface area contributed by atoms with Gasteiger partial charge in [-0.1, -0.05) is 0 Å². The van der Waals surface area contributed by atoms with Crippen molar-refractivity contribution in [2.45, 2.75) is 38.3 Å². The minimum atomic E-state index is -0.556. The summed E-state index contributed by atoms with van der Waals surface area (Å²) in [4.78, 5) is 34.8. The third kappa shape index (κ3) is 4.38. The van der Waals surface area contributed by atoms with E-state index < -0.39 is 5.82 Å². The number of piperidine rings is 1. The van der Waals surface area contributed by atoms with Crippen molar-refractivity contribution in [1.29, 1.82) is 0 Å². The van der Waals surface area contributed by atoms with Crippen molar-refractivity contribution in [2.75, 3.05) is 49.5 Å². The van der Waals surface area contributed by atoms with E-state index in [0.29, 0.717) is 50.5 Å². The molecule has 2 aromatic heterocycles. The van der Waals surface area contributed by atoms with Crippen LogP contribution in [0.15, 0.2) is 24.3 Å². The molecule has 0 saturated carbocycles. The zero-order valence-electron chi connectivity index (χ0n) is 21.1. The van der Waals surface area contributed by atoms with Gasteiger partial charge in [0.05, 0.1) is 23.4 Å². The first-order chi connectivity index (χ1) is 18.4. The smallest absolute Gasteiger partial charge is 0.258 e. The van der Waals surface area contributed by atoms with Crippen LogP contribution in [0.4, 0.5) is 16.0 Å². The fourth-order valence-electron chi connectivity index (χ4n) is 5.41. The third-order valence-corrected chi connectivity index (χ3v) is 7.37. The summed E-state index contributed by atoms with van der Waals surface area (Å²) in [6.45, 7) is 3.89. The van der Waals surface area contributed by atoms with Gasteiger partial charge in [0.1, 0.15) is 23.2 Å². The van der Waals surface area contributed by atoms with Crippen LogP contribution in [0.2, 0.25) is 0 Å². The Morgan fingerprint density at radius 2 is 1.95 bits per heavy atom. The van der Waals surface area contributed by atoms with Crippen LogP contribution in [0, 0.1) is 12.7 Å². The van der Waals surface area contributed by atoms with Crippen LogP contribution in [-0.2, 0) is 4.79 Å². The highest BCUT2D eigenvalue weighted by Gasteiger charge is 2.34. The number of carbonyl (C=O) groups excluding carboxylic acids is 2. The standard InChI is InChI=1S/C26H30FN7O4/c1-15-24-29-8-7-28-23(36)14-38-21-6-5-16(27)10-18(21)26(37)33-9-3-2-4-20(33)19-11-22(34(24)31-19)30-25(15)32-12-17(35)13-32/h5-6,10-11,17,20,29,35H,2-4,7-9,12-14H2,1H3,(H,28,36). The van der Waals surface area contributed by atoms with Gasteiger partial charge in [0, 0.05) is 44.4 Å². The summed E-state index contributed by atoms with van der Waals surface area (Å²) in [5.41, 5.74) is 2.27. The second-order valence-corrected chi connectivity index (χ2v) is 10.0. The molecule has 2 saturated heterocycles. The predicted octanol–water partition coefficient (Wildman–Crippen LogP) is 1.65. The fraction of sp³-hybridized carbons (Fsp3) is 0.462. The summed E-state index contributed by atoms with van der Waals surface area (Å²) >= 11 is 0. The Hall–Kier alpha value is -3.93. The molecule has 2 bridgehead atoms. The number of amides is 2. The van der Waals surface area contributed by atoms with Crippen LogP contribution in [0.1, 0.15) is 46.9 Å². The molecule has 5 heterocycles. The summed E-state index contributed by atoms with van der Waals surface area (Å²) in [6.07, 6.45) is 2.06. The summed E-state index contributed by atoms with van der Waals surface area (Å²) in [6, 6.07) is 5.33. The molecule has 3 aromatic rings. The second-order valence-electron chi connectivity index (χ2n) is 10.0. The van der Waals surface area contributed by atoms with E-state index in [2.05, 4.69) is 10.6 Å².